The smallest absolute Gasteiger partial charge is 0.367 e. The van der Waals surface area contributed by atoms with Gasteiger partial charge in [0.1, 0.15) is 9.80 Å². The summed E-state index contributed by atoms with van der Waals surface area (Å²) in [5.74, 6) is -0.659. The van der Waals surface area contributed by atoms with Crippen molar-refractivity contribution in [2.45, 2.75) is 11.8 Å². The van der Waals surface area contributed by atoms with Gasteiger partial charge >= 0.3 is 5.97 Å². The van der Waals surface area contributed by atoms with Gasteiger partial charge in [-0.3, -0.25) is 0 Å². The number of carbonyl (C=O) groups excluding carboxylic acids is 1. The number of methoxy groups -OCH3 is 1. The Hall–Kier alpha value is -3.03. The van der Waals surface area contributed by atoms with Gasteiger partial charge < -0.3 is 9.02 Å². The van der Waals surface area contributed by atoms with Crippen molar-refractivity contribution < 1.29 is 18.0 Å². The SMILES string of the molecule is COC(=O)C(=NOS(C)(=O)=Cc1ccc(-c2ccccc2)cc1)Sc1ccc(C)cc1. The van der Waals surface area contributed by atoms with Crippen LogP contribution < -0.4 is 0 Å². The van der Waals surface area contributed by atoms with Gasteiger partial charge in [-0.2, -0.15) is 0 Å². The number of rotatable bonds is 5. The molecule has 1 atom stereocenters. The van der Waals surface area contributed by atoms with Crippen LogP contribution in [-0.4, -0.2) is 34.0 Å². The lowest BCUT2D eigenvalue weighted by Crippen LogP contribution is -2.14. The molecule has 0 radical (unpaired) electrons. The molecule has 0 fully saturated rings. The topological polar surface area (TPSA) is 65.0 Å². The summed E-state index contributed by atoms with van der Waals surface area (Å²) in [5.41, 5.74) is 3.99. The lowest BCUT2D eigenvalue weighted by molar-refractivity contribution is -0.132. The van der Waals surface area contributed by atoms with Crippen molar-refractivity contribution in [3.8, 4) is 11.1 Å². The highest BCUT2D eigenvalue weighted by atomic mass is 32.2. The second-order valence-corrected chi connectivity index (χ2v) is 9.92. The van der Waals surface area contributed by atoms with Gasteiger partial charge in [0.15, 0.2) is 0 Å². The summed E-state index contributed by atoms with van der Waals surface area (Å²) in [6.07, 6.45) is 1.42. The van der Waals surface area contributed by atoms with Crippen LogP contribution in [0.25, 0.3) is 11.1 Å². The lowest BCUT2D eigenvalue weighted by Gasteiger charge is -2.07. The molecule has 0 bridgehead atoms. The van der Waals surface area contributed by atoms with Gasteiger partial charge in [-0.05, 0) is 35.7 Å². The van der Waals surface area contributed by atoms with Gasteiger partial charge in [0, 0.05) is 16.5 Å². The van der Waals surface area contributed by atoms with Crippen LogP contribution in [0.5, 0.6) is 0 Å². The van der Waals surface area contributed by atoms with Crippen molar-refractivity contribution in [3.63, 3.8) is 0 Å². The summed E-state index contributed by atoms with van der Waals surface area (Å²) < 4.78 is 22.9. The number of esters is 1. The van der Waals surface area contributed by atoms with Crippen molar-refractivity contribution in [3.05, 3.63) is 90.0 Å². The van der Waals surface area contributed by atoms with E-state index in [-0.39, 0.29) is 5.04 Å². The van der Waals surface area contributed by atoms with E-state index in [0.29, 0.717) is 0 Å². The normalized spacial score (nSPS) is 13.2. The predicted octanol–water partition coefficient (Wildman–Crippen LogP) is 4.94. The zero-order valence-electron chi connectivity index (χ0n) is 17.5. The van der Waals surface area contributed by atoms with E-state index in [1.54, 1.807) is 0 Å². The Balaban J connectivity index is 1.78. The molecule has 0 aliphatic carbocycles. The molecule has 3 aromatic carbocycles. The summed E-state index contributed by atoms with van der Waals surface area (Å²) >= 11 is 1.09. The maximum absolute atomic E-state index is 12.9. The molecule has 31 heavy (non-hydrogen) atoms. The van der Waals surface area contributed by atoms with Gasteiger partial charge in [-0.1, -0.05) is 89.2 Å². The lowest BCUT2D eigenvalue weighted by atomic mass is 10.0. The van der Waals surface area contributed by atoms with Crippen molar-refractivity contribution in [2.75, 3.05) is 13.4 Å². The minimum absolute atomic E-state index is 0.0336. The van der Waals surface area contributed by atoms with Crippen LogP contribution in [0.4, 0.5) is 0 Å². The highest BCUT2D eigenvalue weighted by molar-refractivity contribution is 8.15. The van der Waals surface area contributed by atoms with E-state index in [1.165, 1.54) is 18.7 Å². The first-order valence-corrected chi connectivity index (χ1v) is 12.2. The van der Waals surface area contributed by atoms with E-state index >= 15 is 0 Å². The Morgan fingerprint density at radius 2 is 1.55 bits per heavy atom. The second kappa shape index (κ2) is 10.3. The number of carbonyl (C=O) groups is 1. The van der Waals surface area contributed by atoms with Gasteiger partial charge in [0.2, 0.25) is 5.04 Å². The molecule has 0 heterocycles. The van der Waals surface area contributed by atoms with E-state index in [0.717, 1.165) is 38.9 Å². The Labute approximate surface area is 187 Å². The molecular weight excluding hydrogens is 430 g/mol. The Morgan fingerprint density at radius 3 is 2.16 bits per heavy atom. The molecule has 160 valence electrons. The van der Waals surface area contributed by atoms with Crippen molar-refractivity contribution in [1.29, 1.82) is 0 Å². The number of ether oxygens (including phenoxy) is 1. The number of oxime groups is 1. The predicted molar refractivity (Wildman–Crippen MR) is 129 cm³/mol. The molecule has 0 N–H and O–H groups in total. The fourth-order valence-electron chi connectivity index (χ4n) is 2.66. The number of benzene rings is 3. The van der Waals surface area contributed by atoms with E-state index in [1.807, 2.05) is 85.8 Å². The third-order valence-corrected chi connectivity index (χ3v) is 6.24. The molecule has 7 heteroatoms. The Morgan fingerprint density at radius 1 is 0.935 bits per heavy atom. The largest absolute Gasteiger partial charge is 0.464 e. The van der Waals surface area contributed by atoms with E-state index < -0.39 is 15.8 Å². The summed E-state index contributed by atoms with van der Waals surface area (Å²) in [6.45, 7) is 1.97. The molecule has 5 nitrogen and oxygen atoms in total. The fraction of sp³-hybridized carbons (Fsp3) is 0.125. The molecule has 0 saturated heterocycles. The van der Waals surface area contributed by atoms with E-state index in [9.17, 15) is 9.00 Å². The first-order chi connectivity index (χ1) is 14.9. The van der Waals surface area contributed by atoms with Gasteiger partial charge in [-0.15, -0.1) is 0 Å². The minimum atomic E-state index is -2.93. The van der Waals surface area contributed by atoms with Crippen LogP contribution in [0.1, 0.15) is 11.1 Å². The van der Waals surface area contributed by atoms with Crippen molar-refractivity contribution in [1.82, 2.24) is 0 Å². The number of nitrogens with zero attached hydrogens (tertiary/aromatic N) is 1. The molecule has 3 rings (SSSR count). The highest BCUT2D eigenvalue weighted by Crippen LogP contribution is 2.22. The summed E-state index contributed by atoms with van der Waals surface area (Å²) in [4.78, 5) is 12.9. The van der Waals surface area contributed by atoms with Crippen LogP contribution >= 0.6 is 11.8 Å². The molecule has 0 aliphatic heterocycles. The quantitative estimate of drug-likeness (QED) is 0.137. The van der Waals surface area contributed by atoms with E-state index in [4.69, 9.17) is 9.02 Å². The molecule has 1 unspecified atom stereocenters. The van der Waals surface area contributed by atoms with Crippen LogP contribution in [0, 0.1) is 6.92 Å². The molecular formula is C24H23NO4S2. The van der Waals surface area contributed by atoms with Gasteiger partial charge in [0.25, 0.3) is 0 Å². The number of aryl methyl sites for hydroxylation is 1. The van der Waals surface area contributed by atoms with Crippen LogP contribution in [0.2, 0.25) is 0 Å². The van der Waals surface area contributed by atoms with Crippen molar-refractivity contribution >= 4 is 37.9 Å². The number of hydrogen-bond acceptors (Lipinski definition) is 6. The molecule has 0 saturated carbocycles. The third-order valence-electron chi connectivity index (χ3n) is 4.23. The first kappa shape index (κ1) is 22.7. The fourth-order valence-corrected chi connectivity index (χ4v) is 4.37. The van der Waals surface area contributed by atoms with E-state index in [2.05, 4.69) is 5.16 Å². The average Bonchev–Trinajstić information content (AvgIpc) is 2.78. The maximum Gasteiger partial charge on any atom is 0.367 e. The molecule has 0 amide bonds. The zero-order valence-corrected chi connectivity index (χ0v) is 19.1. The number of thioether (sulfide) groups is 1. The second-order valence-electron chi connectivity index (χ2n) is 6.81. The molecule has 0 aliphatic rings. The summed E-state index contributed by atoms with van der Waals surface area (Å²) in [7, 11) is -1.67. The summed E-state index contributed by atoms with van der Waals surface area (Å²) in [6, 6.07) is 25.2. The van der Waals surface area contributed by atoms with Crippen molar-refractivity contribution in [2.24, 2.45) is 5.16 Å². The molecule has 0 aromatic heterocycles. The van der Waals surface area contributed by atoms with Gasteiger partial charge in [-0.25, -0.2) is 9.00 Å². The highest BCUT2D eigenvalue weighted by Gasteiger charge is 2.16. The Kier molecular flexibility index (Phi) is 7.55. The van der Waals surface area contributed by atoms with Crippen LogP contribution in [0.15, 0.2) is 88.9 Å². The Bertz CT molecular complexity index is 1180. The van der Waals surface area contributed by atoms with Crippen LogP contribution in [0.3, 0.4) is 0 Å². The number of hydrogen-bond donors (Lipinski definition) is 0. The standard InChI is InChI=1S/C24H23NO4S2/c1-18-9-15-22(16-10-18)30-23(24(26)28-2)25-29-31(3,27)17-19-11-13-21(14-12-19)20-7-5-4-6-8-20/h4-17H,1-3H3. The van der Waals surface area contributed by atoms with Gasteiger partial charge in [0.05, 0.1) is 7.11 Å². The monoisotopic (exact) mass is 453 g/mol. The minimum Gasteiger partial charge on any atom is -0.464 e. The van der Waals surface area contributed by atoms with Crippen LogP contribution in [-0.2, 0) is 23.6 Å². The molecule has 0 spiro atoms. The third kappa shape index (κ3) is 6.73. The first-order valence-electron chi connectivity index (χ1n) is 9.45. The summed E-state index contributed by atoms with van der Waals surface area (Å²) in [5, 5.41) is 5.31. The maximum atomic E-state index is 12.9. The zero-order chi connectivity index (χ0) is 22.3. The molecule has 3 aromatic rings. The average molecular weight is 454 g/mol.